The molecule has 0 atom stereocenters. The highest BCUT2D eigenvalue weighted by Crippen LogP contribution is 2.25. The molecule has 2 nitrogen and oxygen atoms in total. The smallest absolute Gasteiger partial charge is 0.124 e. The van der Waals surface area contributed by atoms with E-state index in [4.69, 9.17) is 5.73 Å². The highest BCUT2D eigenvalue weighted by atomic mass is 19.1. The van der Waals surface area contributed by atoms with Gasteiger partial charge in [-0.1, -0.05) is 13.3 Å². The lowest BCUT2D eigenvalue weighted by Crippen LogP contribution is -1.97. The number of pyridine rings is 1. The number of rotatable bonds is 2. The molecular formula is C13H15FN2. The minimum absolute atomic E-state index is 0.262. The SMILES string of the molecule is CCCc1cc(N)c2cc(F)cc(C)c2n1. The number of benzene rings is 1. The highest BCUT2D eigenvalue weighted by molar-refractivity contribution is 5.92. The van der Waals surface area contributed by atoms with Gasteiger partial charge < -0.3 is 5.73 Å². The van der Waals surface area contributed by atoms with Crippen LogP contribution in [0.1, 0.15) is 24.6 Å². The van der Waals surface area contributed by atoms with Gasteiger partial charge in [0.05, 0.1) is 5.52 Å². The molecule has 0 aliphatic rings. The van der Waals surface area contributed by atoms with E-state index < -0.39 is 0 Å². The van der Waals surface area contributed by atoms with Crippen LogP contribution in [0.3, 0.4) is 0 Å². The molecule has 0 fully saturated rings. The van der Waals surface area contributed by atoms with Crippen LogP contribution in [0.5, 0.6) is 0 Å². The van der Waals surface area contributed by atoms with Crippen LogP contribution >= 0.6 is 0 Å². The Morgan fingerprint density at radius 2 is 2.06 bits per heavy atom. The zero-order valence-corrected chi connectivity index (χ0v) is 9.55. The summed E-state index contributed by atoms with van der Waals surface area (Å²) in [6.07, 6.45) is 1.93. The molecule has 3 heteroatoms. The molecule has 0 aliphatic carbocycles. The molecule has 1 aromatic heterocycles. The lowest BCUT2D eigenvalue weighted by atomic mass is 10.1. The standard InChI is InChI=1S/C13H15FN2/c1-3-4-10-7-12(15)11-6-9(14)5-8(2)13(11)16-10/h5-7H,3-4H2,1-2H3,(H2,15,16). The predicted octanol–water partition coefficient (Wildman–Crippen LogP) is 3.22. The first-order valence-corrected chi connectivity index (χ1v) is 5.47. The van der Waals surface area contributed by atoms with E-state index in [-0.39, 0.29) is 5.82 Å². The number of nitrogens with zero attached hydrogens (tertiary/aromatic N) is 1. The lowest BCUT2D eigenvalue weighted by Gasteiger charge is -2.08. The van der Waals surface area contributed by atoms with E-state index in [1.807, 2.05) is 13.0 Å². The first kappa shape index (κ1) is 10.9. The van der Waals surface area contributed by atoms with E-state index in [2.05, 4.69) is 11.9 Å². The average molecular weight is 218 g/mol. The second-order valence-corrected chi connectivity index (χ2v) is 4.07. The van der Waals surface area contributed by atoms with E-state index in [0.717, 1.165) is 29.6 Å². The largest absolute Gasteiger partial charge is 0.398 e. The first-order valence-electron chi connectivity index (χ1n) is 5.47. The topological polar surface area (TPSA) is 38.9 Å². The van der Waals surface area contributed by atoms with Crippen molar-refractivity contribution in [3.63, 3.8) is 0 Å². The Balaban J connectivity index is 2.71. The fourth-order valence-electron chi connectivity index (χ4n) is 1.92. The van der Waals surface area contributed by atoms with Crippen molar-refractivity contribution in [3.05, 3.63) is 35.3 Å². The maximum Gasteiger partial charge on any atom is 0.124 e. The quantitative estimate of drug-likeness (QED) is 0.840. The van der Waals surface area contributed by atoms with Gasteiger partial charge in [0.15, 0.2) is 0 Å². The van der Waals surface area contributed by atoms with Gasteiger partial charge in [0, 0.05) is 16.8 Å². The van der Waals surface area contributed by atoms with E-state index in [9.17, 15) is 4.39 Å². The van der Waals surface area contributed by atoms with Crippen molar-refractivity contribution < 1.29 is 4.39 Å². The summed E-state index contributed by atoms with van der Waals surface area (Å²) in [4.78, 5) is 4.52. The molecule has 2 rings (SSSR count). The van der Waals surface area contributed by atoms with Gasteiger partial charge in [0.25, 0.3) is 0 Å². The number of anilines is 1. The third-order valence-corrected chi connectivity index (χ3v) is 2.66. The Bertz CT molecular complexity index is 535. The molecule has 16 heavy (non-hydrogen) atoms. The van der Waals surface area contributed by atoms with Crippen LogP contribution in [0.4, 0.5) is 10.1 Å². The van der Waals surface area contributed by atoms with Gasteiger partial charge in [-0.15, -0.1) is 0 Å². The fourth-order valence-corrected chi connectivity index (χ4v) is 1.92. The van der Waals surface area contributed by atoms with E-state index >= 15 is 0 Å². The van der Waals surface area contributed by atoms with Crippen LogP contribution in [0.2, 0.25) is 0 Å². The lowest BCUT2D eigenvalue weighted by molar-refractivity contribution is 0.628. The number of nitrogen functional groups attached to an aromatic ring is 1. The molecule has 0 saturated carbocycles. The summed E-state index contributed by atoms with van der Waals surface area (Å²) in [5.41, 5.74) is 9.14. The summed E-state index contributed by atoms with van der Waals surface area (Å²) in [6, 6.07) is 4.77. The first-order chi connectivity index (χ1) is 7.61. The molecule has 0 bridgehead atoms. The van der Waals surface area contributed by atoms with Gasteiger partial charge in [0.2, 0.25) is 0 Å². The van der Waals surface area contributed by atoms with Gasteiger partial charge in [0.1, 0.15) is 5.82 Å². The van der Waals surface area contributed by atoms with Crippen molar-refractivity contribution in [2.75, 3.05) is 5.73 Å². The van der Waals surface area contributed by atoms with Crippen LogP contribution in [-0.4, -0.2) is 4.98 Å². The van der Waals surface area contributed by atoms with Crippen molar-refractivity contribution in [3.8, 4) is 0 Å². The van der Waals surface area contributed by atoms with E-state index in [1.165, 1.54) is 12.1 Å². The Hall–Kier alpha value is -1.64. The van der Waals surface area contributed by atoms with Gasteiger partial charge in [-0.2, -0.15) is 0 Å². The number of nitrogens with two attached hydrogens (primary N) is 1. The molecule has 0 spiro atoms. The second-order valence-electron chi connectivity index (χ2n) is 4.07. The molecule has 0 unspecified atom stereocenters. The zero-order valence-electron chi connectivity index (χ0n) is 9.55. The third-order valence-electron chi connectivity index (χ3n) is 2.66. The number of aryl methyl sites for hydroxylation is 2. The molecule has 84 valence electrons. The van der Waals surface area contributed by atoms with Gasteiger partial charge in [-0.05, 0) is 37.1 Å². The Kier molecular flexibility index (Phi) is 2.77. The maximum absolute atomic E-state index is 13.2. The van der Waals surface area contributed by atoms with Crippen LogP contribution in [0.15, 0.2) is 18.2 Å². The number of aromatic nitrogens is 1. The summed E-state index contributed by atoms with van der Waals surface area (Å²) in [7, 11) is 0. The van der Waals surface area contributed by atoms with Crippen molar-refractivity contribution in [2.24, 2.45) is 0 Å². The third kappa shape index (κ3) is 1.85. The molecule has 0 saturated heterocycles. The van der Waals surface area contributed by atoms with E-state index in [0.29, 0.717) is 11.1 Å². The van der Waals surface area contributed by atoms with Crippen molar-refractivity contribution in [1.82, 2.24) is 4.98 Å². The average Bonchev–Trinajstić information content (AvgIpc) is 2.20. The van der Waals surface area contributed by atoms with Crippen molar-refractivity contribution >= 4 is 16.6 Å². The van der Waals surface area contributed by atoms with E-state index in [1.54, 1.807) is 0 Å². The van der Waals surface area contributed by atoms with Gasteiger partial charge in [-0.25, -0.2) is 4.39 Å². The fraction of sp³-hybridized carbons (Fsp3) is 0.308. The Morgan fingerprint density at radius 3 is 2.75 bits per heavy atom. The predicted molar refractivity (Wildman–Crippen MR) is 64.8 cm³/mol. The van der Waals surface area contributed by atoms with Crippen LogP contribution in [0, 0.1) is 12.7 Å². The van der Waals surface area contributed by atoms with Crippen LogP contribution in [-0.2, 0) is 6.42 Å². The Labute approximate surface area is 94.3 Å². The molecule has 0 aliphatic heterocycles. The number of halogens is 1. The maximum atomic E-state index is 13.2. The molecule has 0 radical (unpaired) electrons. The second kappa shape index (κ2) is 4.08. The molecule has 2 aromatic rings. The summed E-state index contributed by atoms with van der Waals surface area (Å²) in [6.45, 7) is 3.95. The summed E-state index contributed by atoms with van der Waals surface area (Å²) in [5.74, 6) is -0.262. The molecule has 1 heterocycles. The molecule has 1 aromatic carbocycles. The monoisotopic (exact) mass is 218 g/mol. The molecule has 0 amide bonds. The number of fused-ring (bicyclic) bond motifs is 1. The Morgan fingerprint density at radius 1 is 1.31 bits per heavy atom. The summed E-state index contributed by atoms with van der Waals surface area (Å²) >= 11 is 0. The van der Waals surface area contributed by atoms with Crippen molar-refractivity contribution in [1.29, 1.82) is 0 Å². The molecular weight excluding hydrogens is 203 g/mol. The number of hydrogen-bond donors (Lipinski definition) is 1. The minimum atomic E-state index is -0.262. The van der Waals surface area contributed by atoms with Gasteiger partial charge in [-0.3, -0.25) is 4.98 Å². The highest BCUT2D eigenvalue weighted by Gasteiger charge is 2.07. The van der Waals surface area contributed by atoms with Crippen LogP contribution < -0.4 is 5.73 Å². The van der Waals surface area contributed by atoms with Gasteiger partial charge >= 0.3 is 0 Å². The summed E-state index contributed by atoms with van der Waals surface area (Å²) in [5, 5.41) is 0.706. The van der Waals surface area contributed by atoms with Crippen LogP contribution in [0.25, 0.3) is 10.9 Å². The zero-order chi connectivity index (χ0) is 11.7. The minimum Gasteiger partial charge on any atom is -0.398 e. The number of hydrogen-bond acceptors (Lipinski definition) is 2. The molecule has 2 N–H and O–H groups in total. The summed E-state index contributed by atoms with van der Waals surface area (Å²) < 4.78 is 13.2. The normalized spacial score (nSPS) is 10.9. The van der Waals surface area contributed by atoms with Crippen molar-refractivity contribution in [2.45, 2.75) is 26.7 Å².